The Kier molecular flexibility index (Phi) is 2.88. The first-order valence-electron chi connectivity index (χ1n) is 4.71. The summed E-state index contributed by atoms with van der Waals surface area (Å²) >= 11 is 0. The SMILES string of the molecule is CC(C)Cn1c(=O)c(N)c(N)n(C)c1=O. The van der Waals surface area contributed by atoms with Crippen molar-refractivity contribution in [2.75, 3.05) is 11.5 Å². The van der Waals surface area contributed by atoms with Gasteiger partial charge in [0.25, 0.3) is 5.56 Å². The Morgan fingerprint density at radius 2 is 1.80 bits per heavy atom. The maximum Gasteiger partial charge on any atom is 0.332 e. The number of hydrogen-bond donors (Lipinski definition) is 2. The zero-order valence-corrected chi connectivity index (χ0v) is 9.15. The minimum atomic E-state index is -0.510. The molecule has 0 amide bonds. The van der Waals surface area contributed by atoms with Crippen LogP contribution in [0, 0.1) is 5.92 Å². The molecular formula is C9H16N4O2. The van der Waals surface area contributed by atoms with E-state index in [1.54, 1.807) is 0 Å². The van der Waals surface area contributed by atoms with Gasteiger partial charge in [-0.05, 0) is 5.92 Å². The van der Waals surface area contributed by atoms with Crippen molar-refractivity contribution < 1.29 is 0 Å². The fourth-order valence-electron chi connectivity index (χ4n) is 1.33. The van der Waals surface area contributed by atoms with Crippen LogP contribution in [0.4, 0.5) is 11.5 Å². The normalized spacial score (nSPS) is 10.9. The van der Waals surface area contributed by atoms with Crippen molar-refractivity contribution >= 4 is 11.5 Å². The second-order valence-corrected chi connectivity index (χ2v) is 3.95. The van der Waals surface area contributed by atoms with Gasteiger partial charge in [-0.3, -0.25) is 13.9 Å². The minimum Gasteiger partial charge on any atom is -0.391 e. The van der Waals surface area contributed by atoms with Crippen molar-refractivity contribution in [3.8, 4) is 0 Å². The Hall–Kier alpha value is -1.72. The summed E-state index contributed by atoms with van der Waals surface area (Å²) in [6, 6.07) is 0. The quantitative estimate of drug-likeness (QED) is 0.682. The zero-order chi connectivity index (χ0) is 11.7. The van der Waals surface area contributed by atoms with Crippen molar-refractivity contribution in [3.63, 3.8) is 0 Å². The highest BCUT2D eigenvalue weighted by molar-refractivity contribution is 5.56. The first kappa shape index (κ1) is 11.4. The highest BCUT2D eigenvalue weighted by Gasteiger charge is 2.12. The molecule has 0 spiro atoms. The van der Waals surface area contributed by atoms with E-state index in [0.29, 0.717) is 6.54 Å². The summed E-state index contributed by atoms with van der Waals surface area (Å²) in [7, 11) is 1.49. The third kappa shape index (κ3) is 1.88. The van der Waals surface area contributed by atoms with Crippen LogP contribution in [0.15, 0.2) is 9.59 Å². The van der Waals surface area contributed by atoms with Gasteiger partial charge in [-0.2, -0.15) is 0 Å². The lowest BCUT2D eigenvalue weighted by Crippen LogP contribution is -2.42. The average Bonchev–Trinajstić information content (AvgIpc) is 2.18. The standard InChI is InChI=1S/C9H16N4O2/c1-5(2)4-13-8(14)6(10)7(11)12(3)9(13)15/h5H,4,10-11H2,1-3H3. The lowest BCUT2D eigenvalue weighted by Gasteiger charge is -2.12. The predicted octanol–water partition coefficient (Wildman–Crippen LogP) is -0.633. The van der Waals surface area contributed by atoms with E-state index in [1.165, 1.54) is 11.6 Å². The molecule has 0 aliphatic carbocycles. The molecule has 0 bridgehead atoms. The second kappa shape index (κ2) is 3.80. The fourth-order valence-corrected chi connectivity index (χ4v) is 1.33. The summed E-state index contributed by atoms with van der Waals surface area (Å²) in [5.74, 6) is 0.212. The Labute approximate surface area is 87.1 Å². The van der Waals surface area contributed by atoms with Gasteiger partial charge in [0.2, 0.25) is 0 Å². The molecule has 84 valence electrons. The summed E-state index contributed by atoms with van der Waals surface area (Å²) in [5.41, 5.74) is 10.0. The van der Waals surface area contributed by atoms with E-state index < -0.39 is 11.2 Å². The van der Waals surface area contributed by atoms with Gasteiger partial charge in [0.1, 0.15) is 11.5 Å². The number of hydrogen-bond acceptors (Lipinski definition) is 4. The molecule has 0 atom stereocenters. The first-order valence-corrected chi connectivity index (χ1v) is 4.71. The van der Waals surface area contributed by atoms with Crippen molar-refractivity contribution in [1.29, 1.82) is 0 Å². The Morgan fingerprint density at radius 3 is 2.27 bits per heavy atom. The van der Waals surface area contributed by atoms with Gasteiger partial charge in [-0.15, -0.1) is 0 Å². The minimum absolute atomic E-state index is 0.0185. The van der Waals surface area contributed by atoms with Crippen LogP contribution < -0.4 is 22.7 Å². The van der Waals surface area contributed by atoms with Crippen LogP contribution in [0.1, 0.15) is 13.8 Å². The van der Waals surface area contributed by atoms with Gasteiger partial charge in [0.05, 0.1) is 0 Å². The molecule has 1 aromatic heterocycles. The molecule has 0 unspecified atom stereocenters. The number of nitrogens with two attached hydrogens (primary N) is 2. The zero-order valence-electron chi connectivity index (χ0n) is 9.15. The molecule has 0 aliphatic rings. The van der Waals surface area contributed by atoms with Gasteiger partial charge < -0.3 is 11.5 Å². The van der Waals surface area contributed by atoms with Gasteiger partial charge >= 0.3 is 5.69 Å². The highest BCUT2D eigenvalue weighted by atomic mass is 16.2. The van der Waals surface area contributed by atoms with E-state index in [-0.39, 0.29) is 17.4 Å². The van der Waals surface area contributed by atoms with E-state index in [2.05, 4.69) is 0 Å². The van der Waals surface area contributed by atoms with Crippen LogP contribution in [0.5, 0.6) is 0 Å². The van der Waals surface area contributed by atoms with Gasteiger partial charge in [-0.25, -0.2) is 4.79 Å². The molecule has 6 nitrogen and oxygen atoms in total. The van der Waals surface area contributed by atoms with Crippen LogP contribution in [0.2, 0.25) is 0 Å². The van der Waals surface area contributed by atoms with Crippen molar-refractivity contribution in [2.45, 2.75) is 20.4 Å². The smallest absolute Gasteiger partial charge is 0.332 e. The molecule has 15 heavy (non-hydrogen) atoms. The van der Waals surface area contributed by atoms with Crippen LogP contribution in [0.25, 0.3) is 0 Å². The van der Waals surface area contributed by atoms with Gasteiger partial charge in [-0.1, -0.05) is 13.8 Å². The first-order chi connectivity index (χ1) is 6.86. The maximum absolute atomic E-state index is 11.7. The molecule has 0 aliphatic heterocycles. The molecule has 1 heterocycles. The van der Waals surface area contributed by atoms with E-state index >= 15 is 0 Å². The Morgan fingerprint density at radius 1 is 1.27 bits per heavy atom. The van der Waals surface area contributed by atoms with Gasteiger partial charge in [0.15, 0.2) is 0 Å². The third-order valence-corrected chi connectivity index (χ3v) is 2.18. The van der Waals surface area contributed by atoms with Crippen LogP contribution >= 0.6 is 0 Å². The van der Waals surface area contributed by atoms with E-state index in [0.717, 1.165) is 4.57 Å². The molecule has 0 fully saturated rings. The van der Waals surface area contributed by atoms with Crippen LogP contribution in [-0.4, -0.2) is 9.13 Å². The Balaban J connectivity index is 3.54. The van der Waals surface area contributed by atoms with Crippen LogP contribution in [-0.2, 0) is 13.6 Å². The molecule has 1 aromatic rings. The summed E-state index contributed by atoms with van der Waals surface area (Å²) < 4.78 is 2.29. The van der Waals surface area contributed by atoms with Crippen molar-refractivity contribution in [1.82, 2.24) is 9.13 Å². The topological polar surface area (TPSA) is 96.0 Å². The molecule has 6 heteroatoms. The lowest BCUT2D eigenvalue weighted by molar-refractivity contribution is 0.482. The number of nitrogen functional groups attached to an aromatic ring is 2. The average molecular weight is 212 g/mol. The second-order valence-electron chi connectivity index (χ2n) is 3.95. The Bertz CT molecular complexity index is 447. The third-order valence-electron chi connectivity index (χ3n) is 2.18. The predicted molar refractivity (Wildman–Crippen MR) is 59.6 cm³/mol. The van der Waals surface area contributed by atoms with Crippen LogP contribution in [0.3, 0.4) is 0 Å². The molecule has 0 saturated carbocycles. The molecule has 0 aromatic carbocycles. The highest BCUT2D eigenvalue weighted by Crippen LogP contribution is 2.04. The number of rotatable bonds is 2. The summed E-state index contributed by atoms with van der Waals surface area (Å²) in [6.07, 6.45) is 0. The van der Waals surface area contributed by atoms with E-state index in [4.69, 9.17) is 11.5 Å². The number of nitrogens with zero attached hydrogens (tertiary/aromatic N) is 2. The lowest BCUT2D eigenvalue weighted by atomic mass is 10.2. The molecule has 4 N–H and O–H groups in total. The maximum atomic E-state index is 11.7. The fraction of sp³-hybridized carbons (Fsp3) is 0.556. The van der Waals surface area contributed by atoms with Gasteiger partial charge in [0, 0.05) is 13.6 Å². The monoisotopic (exact) mass is 212 g/mol. The summed E-state index contributed by atoms with van der Waals surface area (Å²) in [6.45, 7) is 4.17. The summed E-state index contributed by atoms with van der Waals surface area (Å²) in [5, 5.41) is 0. The molecular weight excluding hydrogens is 196 g/mol. The van der Waals surface area contributed by atoms with Crippen molar-refractivity contribution in [3.05, 3.63) is 20.8 Å². The molecule has 0 radical (unpaired) electrons. The number of aromatic nitrogens is 2. The summed E-state index contributed by atoms with van der Waals surface area (Å²) in [4.78, 5) is 23.3. The van der Waals surface area contributed by atoms with E-state index in [9.17, 15) is 9.59 Å². The largest absolute Gasteiger partial charge is 0.391 e. The molecule has 0 saturated heterocycles. The number of anilines is 2. The van der Waals surface area contributed by atoms with E-state index in [1.807, 2.05) is 13.8 Å². The van der Waals surface area contributed by atoms with Crippen molar-refractivity contribution in [2.24, 2.45) is 13.0 Å². The molecule has 1 rings (SSSR count).